The highest BCUT2D eigenvalue weighted by atomic mass is 79.9. The van der Waals surface area contributed by atoms with Crippen molar-refractivity contribution < 1.29 is 19.0 Å². The lowest BCUT2D eigenvalue weighted by Crippen LogP contribution is -2.21. The van der Waals surface area contributed by atoms with Gasteiger partial charge >= 0.3 is 5.97 Å². The SMILES string of the molecule is COc1ccccc1C(=O)Oc1ccc2c(c1)OC(N)=C(C#N)C2c1ccc(Br)cc1. The molecule has 0 aliphatic carbocycles. The first kappa shape index (κ1) is 20.5. The van der Waals surface area contributed by atoms with Crippen molar-refractivity contribution in [1.82, 2.24) is 0 Å². The van der Waals surface area contributed by atoms with Crippen LogP contribution >= 0.6 is 15.9 Å². The second-order valence-electron chi connectivity index (χ2n) is 6.77. The number of carbonyl (C=O) groups excluding carboxylic acids is 1. The summed E-state index contributed by atoms with van der Waals surface area (Å²) in [7, 11) is 1.49. The van der Waals surface area contributed by atoms with Gasteiger partial charge < -0.3 is 19.9 Å². The number of benzene rings is 3. The van der Waals surface area contributed by atoms with Crippen LogP contribution < -0.4 is 19.9 Å². The van der Waals surface area contributed by atoms with Gasteiger partial charge in [-0.2, -0.15) is 5.26 Å². The van der Waals surface area contributed by atoms with E-state index >= 15 is 0 Å². The lowest BCUT2D eigenvalue weighted by Gasteiger charge is -2.26. The number of halogens is 1. The predicted octanol–water partition coefficient (Wildman–Crippen LogP) is 4.90. The zero-order valence-corrected chi connectivity index (χ0v) is 18.0. The molecule has 3 aromatic carbocycles. The maximum atomic E-state index is 12.6. The zero-order chi connectivity index (χ0) is 22.0. The molecule has 0 amide bonds. The van der Waals surface area contributed by atoms with Crippen LogP contribution in [0.3, 0.4) is 0 Å². The first-order valence-electron chi connectivity index (χ1n) is 9.34. The van der Waals surface area contributed by atoms with Gasteiger partial charge in [-0.05, 0) is 35.9 Å². The number of nitriles is 1. The van der Waals surface area contributed by atoms with Crippen LogP contribution in [0.4, 0.5) is 0 Å². The molecule has 0 aromatic heterocycles. The largest absolute Gasteiger partial charge is 0.496 e. The predicted molar refractivity (Wildman–Crippen MR) is 118 cm³/mol. The molecule has 1 aliphatic heterocycles. The van der Waals surface area contributed by atoms with Gasteiger partial charge in [0, 0.05) is 16.1 Å². The summed E-state index contributed by atoms with van der Waals surface area (Å²) in [6.07, 6.45) is 0. The molecule has 4 rings (SSSR count). The van der Waals surface area contributed by atoms with Gasteiger partial charge in [0.05, 0.1) is 13.0 Å². The maximum absolute atomic E-state index is 12.6. The highest BCUT2D eigenvalue weighted by Gasteiger charge is 2.31. The summed E-state index contributed by atoms with van der Waals surface area (Å²) >= 11 is 3.42. The van der Waals surface area contributed by atoms with Gasteiger partial charge in [-0.3, -0.25) is 0 Å². The standard InChI is InChI=1S/C24H17BrN2O4/c1-29-20-5-3-2-4-18(20)24(28)30-16-10-11-17-21(12-16)31-23(27)19(13-26)22(17)14-6-8-15(25)9-7-14/h2-12,22H,27H2,1H3. The fourth-order valence-corrected chi connectivity index (χ4v) is 3.74. The Hall–Kier alpha value is -3.76. The van der Waals surface area contributed by atoms with E-state index in [-0.39, 0.29) is 17.6 Å². The second kappa shape index (κ2) is 8.54. The number of para-hydroxylation sites is 1. The molecule has 0 radical (unpaired) electrons. The molecule has 154 valence electrons. The third-order valence-electron chi connectivity index (χ3n) is 4.93. The molecular weight excluding hydrogens is 460 g/mol. The molecule has 0 saturated heterocycles. The van der Waals surface area contributed by atoms with E-state index in [2.05, 4.69) is 22.0 Å². The number of fused-ring (bicyclic) bond motifs is 1. The first-order chi connectivity index (χ1) is 15.0. The Kier molecular flexibility index (Phi) is 5.65. The first-order valence-corrected chi connectivity index (χ1v) is 10.1. The molecule has 1 aliphatic rings. The van der Waals surface area contributed by atoms with Gasteiger partial charge in [0.25, 0.3) is 0 Å². The van der Waals surface area contributed by atoms with Crippen molar-refractivity contribution in [2.24, 2.45) is 5.73 Å². The summed E-state index contributed by atoms with van der Waals surface area (Å²) in [4.78, 5) is 12.6. The average Bonchev–Trinajstić information content (AvgIpc) is 2.78. The van der Waals surface area contributed by atoms with Crippen LogP contribution in [-0.4, -0.2) is 13.1 Å². The van der Waals surface area contributed by atoms with Crippen LogP contribution in [0.2, 0.25) is 0 Å². The third-order valence-corrected chi connectivity index (χ3v) is 5.46. The van der Waals surface area contributed by atoms with Gasteiger partial charge in [-0.25, -0.2) is 4.79 Å². The van der Waals surface area contributed by atoms with Crippen LogP contribution in [0.1, 0.15) is 27.4 Å². The smallest absolute Gasteiger partial charge is 0.347 e. The molecule has 2 N–H and O–H groups in total. The van der Waals surface area contributed by atoms with E-state index in [4.69, 9.17) is 19.9 Å². The van der Waals surface area contributed by atoms with Gasteiger partial charge in [-0.1, -0.05) is 46.3 Å². The van der Waals surface area contributed by atoms with Crippen molar-refractivity contribution in [3.63, 3.8) is 0 Å². The monoisotopic (exact) mass is 476 g/mol. The molecule has 7 heteroatoms. The normalized spacial score (nSPS) is 14.8. The number of nitrogens with zero attached hydrogens (tertiary/aromatic N) is 1. The molecule has 1 atom stereocenters. The second-order valence-corrected chi connectivity index (χ2v) is 7.68. The highest BCUT2D eigenvalue weighted by Crippen LogP contribution is 2.43. The van der Waals surface area contributed by atoms with E-state index in [9.17, 15) is 10.1 Å². The molecule has 0 spiro atoms. The van der Waals surface area contributed by atoms with Crippen LogP contribution in [-0.2, 0) is 0 Å². The van der Waals surface area contributed by atoms with E-state index in [1.165, 1.54) is 7.11 Å². The number of allylic oxidation sites excluding steroid dienone is 1. The number of hydrogen-bond acceptors (Lipinski definition) is 6. The summed E-state index contributed by atoms with van der Waals surface area (Å²) in [6, 6.07) is 21.6. The van der Waals surface area contributed by atoms with E-state index in [1.807, 2.05) is 24.3 Å². The topological polar surface area (TPSA) is 94.6 Å². The highest BCUT2D eigenvalue weighted by molar-refractivity contribution is 9.10. The van der Waals surface area contributed by atoms with Gasteiger partial charge in [0.15, 0.2) is 0 Å². The molecule has 0 bridgehead atoms. The van der Waals surface area contributed by atoms with Crippen LogP contribution in [0.25, 0.3) is 0 Å². The Labute approximate surface area is 187 Å². The van der Waals surface area contributed by atoms with Crippen LogP contribution in [0.15, 0.2) is 82.7 Å². The van der Waals surface area contributed by atoms with Crippen molar-refractivity contribution in [3.05, 3.63) is 99.3 Å². The number of esters is 1. The van der Waals surface area contributed by atoms with E-state index in [0.29, 0.717) is 22.6 Å². The zero-order valence-electron chi connectivity index (χ0n) is 16.5. The minimum Gasteiger partial charge on any atom is -0.496 e. The average molecular weight is 477 g/mol. The van der Waals surface area contributed by atoms with Gasteiger partial charge in [0.2, 0.25) is 5.88 Å². The minimum atomic E-state index is -0.557. The molecule has 0 saturated carbocycles. The van der Waals surface area contributed by atoms with Crippen molar-refractivity contribution in [1.29, 1.82) is 5.26 Å². The van der Waals surface area contributed by atoms with E-state index < -0.39 is 5.97 Å². The van der Waals surface area contributed by atoms with Crippen LogP contribution in [0, 0.1) is 11.3 Å². The van der Waals surface area contributed by atoms with Crippen molar-refractivity contribution in [2.75, 3.05) is 7.11 Å². The van der Waals surface area contributed by atoms with Crippen molar-refractivity contribution in [3.8, 4) is 23.3 Å². The van der Waals surface area contributed by atoms with Crippen LogP contribution in [0.5, 0.6) is 17.2 Å². The van der Waals surface area contributed by atoms with E-state index in [1.54, 1.807) is 42.5 Å². The fourth-order valence-electron chi connectivity index (χ4n) is 3.47. The summed E-state index contributed by atoms with van der Waals surface area (Å²) < 4.78 is 17.4. The Bertz CT molecular complexity index is 1230. The lowest BCUT2D eigenvalue weighted by atomic mass is 9.83. The number of methoxy groups -OCH3 is 1. The summed E-state index contributed by atoms with van der Waals surface area (Å²) in [5.41, 5.74) is 8.33. The number of carbonyl (C=O) groups is 1. The van der Waals surface area contributed by atoms with Gasteiger partial charge in [0.1, 0.15) is 34.5 Å². The van der Waals surface area contributed by atoms with Crippen molar-refractivity contribution in [2.45, 2.75) is 5.92 Å². The fraction of sp³-hybridized carbons (Fsp3) is 0.0833. The Morgan fingerprint density at radius 2 is 1.87 bits per heavy atom. The Morgan fingerprint density at radius 3 is 2.58 bits per heavy atom. The Balaban J connectivity index is 1.69. The van der Waals surface area contributed by atoms with E-state index in [0.717, 1.165) is 15.6 Å². The molecular formula is C24H17BrN2O4. The number of hydrogen-bond donors (Lipinski definition) is 1. The molecule has 1 unspecified atom stereocenters. The van der Waals surface area contributed by atoms with Gasteiger partial charge in [-0.15, -0.1) is 0 Å². The summed E-state index contributed by atoms with van der Waals surface area (Å²) in [5.74, 6) is 0.214. The Morgan fingerprint density at radius 1 is 1.13 bits per heavy atom. The molecule has 0 fully saturated rings. The minimum absolute atomic E-state index is 0.0242. The molecule has 6 nitrogen and oxygen atoms in total. The summed E-state index contributed by atoms with van der Waals surface area (Å²) in [5, 5.41) is 9.66. The third kappa shape index (κ3) is 3.98. The quantitative estimate of drug-likeness (QED) is 0.425. The molecule has 3 aromatic rings. The molecule has 1 heterocycles. The van der Waals surface area contributed by atoms with Crippen molar-refractivity contribution >= 4 is 21.9 Å². The maximum Gasteiger partial charge on any atom is 0.347 e. The summed E-state index contributed by atoms with van der Waals surface area (Å²) in [6.45, 7) is 0. The number of rotatable bonds is 4. The molecule has 31 heavy (non-hydrogen) atoms. The number of nitrogens with two attached hydrogens (primary N) is 1. The lowest BCUT2D eigenvalue weighted by molar-refractivity contribution is 0.0731. The number of ether oxygens (including phenoxy) is 3.